The molecule has 0 N–H and O–H groups in total. The Kier molecular flexibility index (Phi) is 8.41. The Hall–Kier alpha value is -2.45. The molecule has 0 aliphatic rings. The monoisotopic (exact) mass is 375 g/mol. The molecule has 0 radical (unpaired) electrons. The Balaban J connectivity index is 2.47. The summed E-state index contributed by atoms with van der Waals surface area (Å²) in [5, 5.41) is 0. The van der Waals surface area contributed by atoms with Gasteiger partial charge >= 0.3 is 0 Å². The Labute approximate surface area is 170 Å². The van der Waals surface area contributed by atoms with Crippen molar-refractivity contribution >= 4 is 11.9 Å². The molecule has 0 aliphatic carbocycles. The first-order valence-corrected chi connectivity index (χ1v) is 10.1. The Morgan fingerprint density at radius 3 is 2.07 bits per heavy atom. The zero-order valence-electron chi connectivity index (χ0n) is 17.6. The highest BCUT2D eigenvalue weighted by molar-refractivity contribution is 5.80. The van der Waals surface area contributed by atoms with E-state index in [0.717, 1.165) is 12.1 Å². The van der Waals surface area contributed by atoms with Gasteiger partial charge in [-0.25, -0.2) is 0 Å². The van der Waals surface area contributed by atoms with Gasteiger partial charge in [0.25, 0.3) is 0 Å². The lowest BCUT2D eigenvalue weighted by molar-refractivity contribution is -0.124. The highest BCUT2D eigenvalue weighted by atomic mass is 16.1. The van der Waals surface area contributed by atoms with Crippen LogP contribution in [0.3, 0.4) is 0 Å². The number of hydrogen-bond donors (Lipinski definition) is 0. The quantitative estimate of drug-likeness (QED) is 0.462. The first-order chi connectivity index (χ1) is 13.5. The molecule has 3 atom stereocenters. The molecule has 2 heteroatoms. The van der Waals surface area contributed by atoms with E-state index in [2.05, 4.69) is 80.8 Å². The Bertz CT molecular complexity index is 764. The second kappa shape index (κ2) is 10.8. The van der Waals surface area contributed by atoms with Gasteiger partial charge in [0.2, 0.25) is 0 Å². The van der Waals surface area contributed by atoms with Gasteiger partial charge in [-0.3, -0.25) is 9.69 Å². The molecule has 0 fully saturated rings. The first-order valence-electron chi connectivity index (χ1n) is 10.1. The van der Waals surface area contributed by atoms with Gasteiger partial charge in [0.05, 0.1) is 0 Å². The third-order valence-electron chi connectivity index (χ3n) is 5.34. The third kappa shape index (κ3) is 5.77. The zero-order chi connectivity index (χ0) is 20.5. The van der Waals surface area contributed by atoms with Gasteiger partial charge < -0.3 is 0 Å². The van der Waals surface area contributed by atoms with Crippen LogP contribution in [0, 0.1) is 11.8 Å². The van der Waals surface area contributed by atoms with Crippen molar-refractivity contribution in [3.8, 4) is 0 Å². The molecule has 0 bridgehead atoms. The maximum absolute atomic E-state index is 12.6. The number of benzene rings is 2. The van der Waals surface area contributed by atoms with E-state index in [9.17, 15) is 4.79 Å². The van der Waals surface area contributed by atoms with Gasteiger partial charge in [-0.05, 0) is 30.9 Å². The molecule has 2 rings (SSSR count). The fourth-order valence-electron chi connectivity index (χ4n) is 3.92. The van der Waals surface area contributed by atoms with Crippen molar-refractivity contribution in [1.29, 1.82) is 0 Å². The predicted molar refractivity (Wildman–Crippen MR) is 120 cm³/mol. The lowest BCUT2D eigenvalue weighted by Gasteiger charge is -2.39. The van der Waals surface area contributed by atoms with Crippen LogP contribution in [0.4, 0.5) is 0 Å². The van der Waals surface area contributed by atoms with Crippen molar-refractivity contribution in [2.45, 2.75) is 39.8 Å². The van der Waals surface area contributed by atoms with Crippen LogP contribution in [0.25, 0.3) is 6.08 Å². The van der Waals surface area contributed by atoms with Crippen molar-refractivity contribution in [3.63, 3.8) is 0 Å². The summed E-state index contributed by atoms with van der Waals surface area (Å²) < 4.78 is 0. The molecule has 0 saturated carbocycles. The molecule has 0 spiro atoms. The van der Waals surface area contributed by atoms with Gasteiger partial charge in [-0.1, -0.05) is 92.7 Å². The Morgan fingerprint density at radius 2 is 1.57 bits per heavy atom. The van der Waals surface area contributed by atoms with E-state index in [1.807, 2.05) is 30.3 Å². The molecule has 2 nitrogen and oxygen atoms in total. The van der Waals surface area contributed by atoms with Crippen LogP contribution in [0.1, 0.15) is 44.9 Å². The van der Waals surface area contributed by atoms with Gasteiger partial charge in [-0.2, -0.15) is 0 Å². The lowest BCUT2D eigenvalue weighted by atomic mass is 9.83. The van der Waals surface area contributed by atoms with Crippen LogP contribution in [-0.2, 0) is 4.79 Å². The number of nitrogens with zero attached hydrogens (tertiary/aromatic N) is 1. The number of rotatable bonds is 10. The smallest absolute Gasteiger partial charge is 0.135 e. The van der Waals surface area contributed by atoms with Crippen LogP contribution in [0.15, 0.2) is 79.4 Å². The number of ketones is 1. The summed E-state index contributed by atoms with van der Waals surface area (Å²) in [6.45, 7) is 12.9. The summed E-state index contributed by atoms with van der Waals surface area (Å²) in [6, 6.07) is 20.9. The van der Waals surface area contributed by atoms with Crippen molar-refractivity contribution in [1.82, 2.24) is 4.90 Å². The van der Waals surface area contributed by atoms with Crippen LogP contribution < -0.4 is 0 Å². The number of Topliss-reactive ketones (excluding diaryl/α,β-unsaturated/α-hetero) is 1. The lowest BCUT2D eigenvalue weighted by Crippen LogP contribution is -2.45. The highest BCUT2D eigenvalue weighted by Gasteiger charge is 2.33. The summed E-state index contributed by atoms with van der Waals surface area (Å²) in [5.74, 6) is 0.399. The van der Waals surface area contributed by atoms with Crippen LogP contribution >= 0.6 is 0 Å². The molecule has 2 aromatic carbocycles. The summed E-state index contributed by atoms with van der Waals surface area (Å²) in [4.78, 5) is 15.0. The Morgan fingerprint density at radius 1 is 1.00 bits per heavy atom. The molecular weight excluding hydrogens is 342 g/mol. The largest absolute Gasteiger partial charge is 0.300 e. The van der Waals surface area contributed by atoms with E-state index in [4.69, 9.17) is 0 Å². The van der Waals surface area contributed by atoms with E-state index in [1.165, 1.54) is 5.56 Å². The van der Waals surface area contributed by atoms with Gasteiger partial charge in [0.15, 0.2) is 0 Å². The molecule has 0 heterocycles. The molecule has 0 aliphatic heterocycles. The molecular formula is C26H33NO. The maximum Gasteiger partial charge on any atom is 0.135 e. The number of carbonyl (C=O) groups is 1. The predicted octanol–water partition coefficient (Wildman–Crippen LogP) is 6.18. The molecule has 148 valence electrons. The molecule has 28 heavy (non-hydrogen) atoms. The van der Waals surface area contributed by atoms with Crippen LogP contribution in [-0.4, -0.2) is 23.3 Å². The number of hydrogen-bond acceptors (Lipinski definition) is 2. The van der Waals surface area contributed by atoms with E-state index >= 15 is 0 Å². The van der Waals surface area contributed by atoms with Crippen LogP contribution in [0.5, 0.6) is 0 Å². The summed E-state index contributed by atoms with van der Waals surface area (Å²) >= 11 is 0. The molecule has 2 aromatic rings. The standard InChI is InChI=1S/C26H33NO/c1-6-19-27(21(4)24-15-11-8-12-16-24)25(26(20(2)3)22(5)28)18-17-23-13-9-7-10-14-23/h6-18,20-21,25-26H,1,19H2,2-5H3/b18-17+/t21-,25?,26?/m1/s1. The first kappa shape index (κ1) is 21.8. The molecule has 0 saturated heterocycles. The average molecular weight is 376 g/mol. The minimum absolute atomic E-state index is 0.00841. The van der Waals surface area contributed by atoms with Gasteiger partial charge in [-0.15, -0.1) is 6.58 Å². The molecule has 2 unspecified atom stereocenters. The highest BCUT2D eigenvalue weighted by Crippen LogP contribution is 2.30. The SMILES string of the molecule is C=CCN(C(/C=C/c1ccccc1)C(C(C)=O)C(C)C)[C@H](C)c1ccccc1. The van der Waals surface area contributed by atoms with Gasteiger partial charge in [0, 0.05) is 24.5 Å². The molecule has 0 amide bonds. The fourth-order valence-corrected chi connectivity index (χ4v) is 3.92. The van der Waals surface area contributed by atoms with E-state index in [-0.39, 0.29) is 29.7 Å². The van der Waals surface area contributed by atoms with E-state index in [0.29, 0.717) is 0 Å². The van der Waals surface area contributed by atoms with Crippen molar-refractivity contribution in [2.75, 3.05) is 6.54 Å². The minimum atomic E-state index is -0.0777. The van der Waals surface area contributed by atoms with Crippen molar-refractivity contribution in [3.05, 3.63) is 90.5 Å². The second-order valence-electron chi connectivity index (χ2n) is 7.71. The van der Waals surface area contributed by atoms with Crippen LogP contribution in [0.2, 0.25) is 0 Å². The minimum Gasteiger partial charge on any atom is -0.300 e. The van der Waals surface area contributed by atoms with Crippen molar-refractivity contribution in [2.24, 2.45) is 11.8 Å². The van der Waals surface area contributed by atoms with Gasteiger partial charge in [0.1, 0.15) is 5.78 Å². The summed E-state index contributed by atoms with van der Waals surface area (Å²) in [6.07, 6.45) is 6.27. The summed E-state index contributed by atoms with van der Waals surface area (Å²) in [5.41, 5.74) is 2.39. The summed E-state index contributed by atoms with van der Waals surface area (Å²) in [7, 11) is 0. The fraction of sp³-hybridized carbons (Fsp3) is 0.346. The molecule has 0 aromatic heterocycles. The zero-order valence-corrected chi connectivity index (χ0v) is 17.6. The van der Waals surface area contributed by atoms with Crippen molar-refractivity contribution < 1.29 is 4.79 Å². The number of carbonyl (C=O) groups excluding carboxylic acids is 1. The topological polar surface area (TPSA) is 20.3 Å². The normalized spacial score (nSPS) is 14.9. The van der Waals surface area contributed by atoms with E-state index < -0.39 is 0 Å². The second-order valence-corrected chi connectivity index (χ2v) is 7.71. The van der Waals surface area contributed by atoms with E-state index in [1.54, 1.807) is 6.92 Å². The third-order valence-corrected chi connectivity index (χ3v) is 5.34. The average Bonchev–Trinajstić information content (AvgIpc) is 2.69. The maximum atomic E-state index is 12.6.